The third-order valence-electron chi connectivity index (χ3n) is 2.59. The van der Waals surface area contributed by atoms with E-state index in [1.807, 2.05) is 24.3 Å². The van der Waals surface area contributed by atoms with Gasteiger partial charge in [-0.15, -0.1) is 11.3 Å². The summed E-state index contributed by atoms with van der Waals surface area (Å²) in [6.07, 6.45) is 0. The number of hydrogen-bond donors (Lipinski definition) is 1. The lowest BCUT2D eigenvalue weighted by molar-refractivity contribution is 0.0914. The molecular weight excluding hydrogens is 262 g/mol. The maximum Gasteiger partial charge on any atom is 0.290 e. The molecule has 0 aliphatic heterocycles. The minimum absolute atomic E-state index is 0.221. The Kier molecular flexibility index (Phi) is 3.00. The quantitative estimate of drug-likeness (QED) is 0.796. The van der Waals surface area contributed by atoms with Crippen molar-refractivity contribution in [1.82, 2.24) is 15.5 Å². The second-order valence-electron chi connectivity index (χ2n) is 4.09. The van der Waals surface area contributed by atoms with E-state index in [4.69, 9.17) is 4.52 Å². The van der Waals surface area contributed by atoms with E-state index in [0.717, 1.165) is 15.2 Å². The van der Waals surface area contributed by atoms with Gasteiger partial charge in [-0.2, -0.15) is 0 Å². The lowest BCUT2D eigenvalue weighted by Crippen LogP contribution is -2.22. The number of hydrogen-bond acceptors (Lipinski definition) is 5. The molecule has 0 aliphatic carbocycles. The van der Waals surface area contributed by atoms with Gasteiger partial charge in [0.15, 0.2) is 0 Å². The lowest BCUT2D eigenvalue weighted by Gasteiger charge is -1.98. The summed E-state index contributed by atoms with van der Waals surface area (Å²) in [5.74, 6) is -0.0570. The van der Waals surface area contributed by atoms with Gasteiger partial charge in [-0.3, -0.25) is 4.79 Å². The van der Waals surface area contributed by atoms with E-state index in [-0.39, 0.29) is 11.7 Å². The fourth-order valence-electron chi connectivity index (χ4n) is 1.71. The number of thiazole rings is 1. The molecule has 0 fully saturated rings. The number of benzene rings is 1. The molecule has 0 radical (unpaired) electrons. The minimum Gasteiger partial charge on any atom is -0.351 e. The molecule has 3 aromatic rings. The Morgan fingerprint density at radius 3 is 3.00 bits per heavy atom. The minimum atomic E-state index is -0.278. The number of para-hydroxylation sites is 1. The second-order valence-corrected chi connectivity index (χ2v) is 5.21. The van der Waals surface area contributed by atoms with Crippen molar-refractivity contribution < 1.29 is 9.32 Å². The molecule has 2 heterocycles. The smallest absolute Gasteiger partial charge is 0.290 e. The molecule has 2 aromatic heterocycles. The molecule has 5 nitrogen and oxygen atoms in total. The van der Waals surface area contributed by atoms with Gasteiger partial charge in [-0.1, -0.05) is 17.3 Å². The highest BCUT2D eigenvalue weighted by Crippen LogP contribution is 2.21. The van der Waals surface area contributed by atoms with Crippen LogP contribution >= 0.6 is 11.3 Å². The number of nitrogens with one attached hydrogen (secondary N) is 1. The van der Waals surface area contributed by atoms with Crippen LogP contribution in [0.1, 0.15) is 21.3 Å². The van der Waals surface area contributed by atoms with Crippen LogP contribution in [0.4, 0.5) is 0 Å². The molecule has 0 bridgehead atoms. The molecule has 1 aromatic carbocycles. The van der Waals surface area contributed by atoms with E-state index in [2.05, 4.69) is 15.5 Å². The molecule has 0 saturated carbocycles. The van der Waals surface area contributed by atoms with E-state index < -0.39 is 0 Å². The number of aromatic nitrogens is 2. The number of aryl methyl sites for hydroxylation is 1. The van der Waals surface area contributed by atoms with E-state index in [9.17, 15) is 4.79 Å². The Bertz CT molecular complexity index is 699. The van der Waals surface area contributed by atoms with E-state index in [0.29, 0.717) is 12.2 Å². The van der Waals surface area contributed by atoms with E-state index in [1.165, 1.54) is 0 Å². The molecule has 19 heavy (non-hydrogen) atoms. The van der Waals surface area contributed by atoms with Crippen LogP contribution in [0.3, 0.4) is 0 Å². The summed E-state index contributed by atoms with van der Waals surface area (Å²) in [6.45, 7) is 2.16. The highest BCUT2D eigenvalue weighted by atomic mass is 32.1. The topological polar surface area (TPSA) is 68.0 Å². The summed E-state index contributed by atoms with van der Waals surface area (Å²) in [7, 11) is 0. The normalized spacial score (nSPS) is 10.8. The summed E-state index contributed by atoms with van der Waals surface area (Å²) in [5, 5.41) is 7.31. The largest absolute Gasteiger partial charge is 0.351 e. The van der Waals surface area contributed by atoms with Gasteiger partial charge in [0, 0.05) is 6.07 Å². The third kappa shape index (κ3) is 2.48. The van der Waals surface area contributed by atoms with Crippen molar-refractivity contribution >= 4 is 27.5 Å². The first kappa shape index (κ1) is 11.9. The Morgan fingerprint density at radius 2 is 2.26 bits per heavy atom. The monoisotopic (exact) mass is 273 g/mol. The number of fused-ring (bicyclic) bond motifs is 1. The summed E-state index contributed by atoms with van der Waals surface area (Å²) in [4.78, 5) is 16.2. The highest BCUT2D eigenvalue weighted by Gasteiger charge is 2.12. The molecule has 6 heteroatoms. The first-order valence-electron chi connectivity index (χ1n) is 5.78. The SMILES string of the molecule is Cc1cc(C(=O)NCc2nc3ccccc3s2)on1. The van der Waals surface area contributed by atoms with Crippen molar-refractivity contribution in [2.24, 2.45) is 0 Å². The van der Waals surface area contributed by atoms with Gasteiger partial charge < -0.3 is 9.84 Å². The second kappa shape index (κ2) is 4.81. The van der Waals surface area contributed by atoms with Crippen LogP contribution in [0.25, 0.3) is 10.2 Å². The number of rotatable bonds is 3. The van der Waals surface area contributed by atoms with Crippen LogP contribution in [0.5, 0.6) is 0 Å². The molecule has 96 valence electrons. The Morgan fingerprint density at radius 1 is 1.42 bits per heavy atom. The fraction of sp³-hybridized carbons (Fsp3) is 0.154. The van der Waals surface area contributed by atoms with Crippen molar-refractivity contribution in [2.75, 3.05) is 0 Å². The standard InChI is InChI=1S/C13H11N3O2S/c1-8-6-10(18-16-8)13(17)14-7-12-15-9-4-2-3-5-11(9)19-12/h2-6H,7H2,1H3,(H,14,17). The van der Waals surface area contributed by atoms with Crippen molar-refractivity contribution in [2.45, 2.75) is 13.5 Å². The van der Waals surface area contributed by atoms with Crippen molar-refractivity contribution in [3.63, 3.8) is 0 Å². The van der Waals surface area contributed by atoms with Crippen molar-refractivity contribution in [3.8, 4) is 0 Å². The van der Waals surface area contributed by atoms with Gasteiger partial charge in [-0.25, -0.2) is 4.98 Å². The first-order chi connectivity index (χ1) is 9.22. The van der Waals surface area contributed by atoms with Crippen molar-refractivity contribution in [1.29, 1.82) is 0 Å². The summed E-state index contributed by atoms with van der Waals surface area (Å²) < 4.78 is 6.01. The molecule has 0 saturated heterocycles. The third-order valence-corrected chi connectivity index (χ3v) is 3.63. The number of nitrogens with zero attached hydrogens (tertiary/aromatic N) is 2. The number of carbonyl (C=O) groups excluding carboxylic acids is 1. The molecule has 1 N–H and O–H groups in total. The van der Waals surface area contributed by atoms with Gasteiger partial charge in [0.05, 0.1) is 22.5 Å². The average Bonchev–Trinajstić information content (AvgIpc) is 3.01. The van der Waals surface area contributed by atoms with Gasteiger partial charge in [0.25, 0.3) is 5.91 Å². The predicted molar refractivity (Wildman–Crippen MR) is 72.0 cm³/mol. The van der Waals surface area contributed by atoms with Crippen LogP contribution in [0, 0.1) is 6.92 Å². The number of amides is 1. The molecule has 3 rings (SSSR count). The maximum absolute atomic E-state index is 11.8. The van der Waals surface area contributed by atoms with Crippen molar-refractivity contribution in [3.05, 3.63) is 46.8 Å². The highest BCUT2D eigenvalue weighted by molar-refractivity contribution is 7.18. The van der Waals surface area contributed by atoms with Crippen LogP contribution in [-0.4, -0.2) is 16.0 Å². The Balaban J connectivity index is 1.70. The average molecular weight is 273 g/mol. The zero-order valence-electron chi connectivity index (χ0n) is 10.2. The van der Waals surface area contributed by atoms with Gasteiger partial charge in [0.1, 0.15) is 5.01 Å². The zero-order chi connectivity index (χ0) is 13.2. The molecule has 0 aliphatic rings. The zero-order valence-corrected chi connectivity index (χ0v) is 11.0. The fourth-order valence-corrected chi connectivity index (χ4v) is 2.62. The van der Waals surface area contributed by atoms with E-state index >= 15 is 0 Å². The Labute approximate surface area is 113 Å². The number of carbonyl (C=O) groups is 1. The first-order valence-corrected chi connectivity index (χ1v) is 6.60. The lowest BCUT2D eigenvalue weighted by atomic mass is 10.3. The maximum atomic E-state index is 11.8. The molecular formula is C13H11N3O2S. The van der Waals surface area contributed by atoms with Crippen LogP contribution in [0.15, 0.2) is 34.9 Å². The van der Waals surface area contributed by atoms with Gasteiger partial charge >= 0.3 is 0 Å². The van der Waals surface area contributed by atoms with Crippen LogP contribution in [-0.2, 0) is 6.54 Å². The summed E-state index contributed by atoms with van der Waals surface area (Å²) >= 11 is 1.57. The van der Waals surface area contributed by atoms with Crippen LogP contribution in [0.2, 0.25) is 0 Å². The summed E-state index contributed by atoms with van der Waals surface area (Å²) in [6, 6.07) is 9.49. The summed E-state index contributed by atoms with van der Waals surface area (Å²) in [5.41, 5.74) is 1.64. The molecule has 0 spiro atoms. The molecule has 1 amide bonds. The Hall–Kier alpha value is -2.21. The van der Waals surface area contributed by atoms with Crippen LogP contribution < -0.4 is 5.32 Å². The molecule has 0 unspecified atom stereocenters. The van der Waals surface area contributed by atoms with Gasteiger partial charge in [-0.05, 0) is 19.1 Å². The van der Waals surface area contributed by atoms with E-state index in [1.54, 1.807) is 24.3 Å². The molecule has 0 atom stereocenters. The van der Waals surface area contributed by atoms with Gasteiger partial charge in [0.2, 0.25) is 5.76 Å². The predicted octanol–water partition coefficient (Wildman–Crippen LogP) is 2.52.